The van der Waals surface area contributed by atoms with E-state index in [0.29, 0.717) is 47.1 Å². The molecule has 2 aliphatic rings. The van der Waals surface area contributed by atoms with E-state index in [9.17, 15) is 19.6 Å². The third-order valence-corrected chi connectivity index (χ3v) is 7.75. The van der Waals surface area contributed by atoms with Gasteiger partial charge in [-0.3, -0.25) is 23.9 Å². The zero-order valence-electron chi connectivity index (χ0n) is 20.3. The highest BCUT2D eigenvalue weighted by Crippen LogP contribution is 2.36. The summed E-state index contributed by atoms with van der Waals surface area (Å²) in [5.41, 5.74) is 1.15. The second-order valence-electron chi connectivity index (χ2n) is 8.89. The van der Waals surface area contributed by atoms with Crippen molar-refractivity contribution in [2.45, 2.75) is 71.8 Å². The Labute approximate surface area is 215 Å². The van der Waals surface area contributed by atoms with Gasteiger partial charge in [-0.1, -0.05) is 37.3 Å². The van der Waals surface area contributed by atoms with Crippen LogP contribution in [0.15, 0.2) is 9.70 Å². The molecule has 0 unspecified atom stereocenters. The van der Waals surface area contributed by atoms with Crippen LogP contribution in [0.25, 0.3) is 6.08 Å². The number of hydrogen-bond donors (Lipinski definition) is 1. The standard InChI is InChI=1S/C25H32N4O4S2/c1-3-11-28-22(27-12-7-5-8-13-27)18(17(2)19(16-26)23(28)32)15-20-24(33)29(25(34)35-20)14-9-4-6-10-21(30)31/h15H,3-14H2,1-2H3,(H,30,31)/b20-15+. The number of thiocarbonyl (C=S) groups is 1. The quantitative estimate of drug-likeness (QED) is 0.279. The Morgan fingerprint density at radius 1 is 1.17 bits per heavy atom. The summed E-state index contributed by atoms with van der Waals surface area (Å²) in [4.78, 5) is 41.4. The molecule has 0 aromatic carbocycles. The number of nitrogens with zero attached hydrogens (tertiary/aromatic N) is 4. The number of anilines is 1. The fourth-order valence-corrected chi connectivity index (χ4v) is 5.86. The fourth-order valence-electron chi connectivity index (χ4n) is 4.57. The second-order valence-corrected chi connectivity index (χ2v) is 10.6. The van der Waals surface area contributed by atoms with Gasteiger partial charge in [0.15, 0.2) is 0 Å². The molecule has 1 aromatic rings. The van der Waals surface area contributed by atoms with Gasteiger partial charge >= 0.3 is 5.97 Å². The van der Waals surface area contributed by atoms with Crippen LogP contribution in [0.4, 0.5) is 5.82 Å². The van der Waals surface area contributed by atoms with E-state index in [4.69, 9.17) is 17.3 Å². The van der Waals surface area contributed by atoms with Crippen LogP contribution in [0.2, 0.25) is 0 Å². The van der Waals surface area contributed by atoms with Crippen LogP contribution in [0, 0.1) is 18.3 Å². The normalized spacial score (nSPS) is 17.3. The van der Waals surface area contributed by atoms with Crippen molar-refractivity contribution in [3.8, 4) is 6.07 Å². The van der Waals surface area contributed by atoms with Gasteiger partial charge in [0.05, 0.1) is 4.91 Å². The average molecular weight is 517 g/mol. The topological polar surface area (TPSA) is 107 Å². The van der Waals surface area contributed by atoms with Crippen molar-refractivity contribution in [2.75, 3.05) is 24.5 Å². The van der Waals surface area contributed by atoms with Gasteiger partial charge in [0.1, 0.15) is 21.8 Å². The molecular formula is C25H32N4O4S2. The third-order valence-electron chi connectivity index (χ3n) is 6.37. The molecule has 2 fully saturated rings. The molecule has 1 N–H and O–H groups in total. The number of unbranched alkanes of at least 4 members (excludes halogenated alkanes) is 2. The molecule has 3 heterocycles. The Hall–Kier alpha value is -2.64. The summed E-state index contributed by atoms with van der Waals surface area (Å²) < 4.78 is 2.17. The molecule has 0 atom stereocenters. The molecule has 0 aliphatic carbocycles. The van der Waals surface area contributed by atoms with Gasteiger partial charge in [-0.05, 0) is 57.1 Å². The van der Waals surface area contributed by atoms with Gasteiger partial charge < -0.3 is 10.0 Å². The van der Waals surface area contributed by atoms with Gasteiger partial charge in [-0.15, -0.1) is 0 Å². The van der Waals surface area contributed by atoms with Crippen molar-refractivity contribution < 1.29 is 14.7 Å². The Kier molecular flexibility index (Phi) is 9.52. The molecule has 8 nitrogen and oxygen atoms in total. The summed E-state index contributed by atoms with van der Waals surface area (Å²) in [7, 11) is 0. The Balaban J connectivity index is 1.98. The third kappa shape index (κ3) is 6.14. The number of carboxylic acid groups (broad SMARTS) is 1. The van der Waals surface area contributed by atoms with E-state index in [0.717, 1.165) is 50.2 Å². The summed E-state index contributed by atoms with van der Waals surface area (Å²) in [5.74, 6) is -0.222. The highest BCUT2D eigenvalue weighted by atomic mass is 32.2. The average Bonchev–Trinajstić information content (AvgIpc) is 3.10. The molecule has 0 bridgehead atoms. The van der Waals surface area contributed by atoms with Crippen LogP contribution in [0.5, 0.6) is 0 Å². The van der Waals surface area contributed by atoms with Crippen LogP contribution < -0.4 is 10.5 Å². The number of carboxylic acids is 1. The van der Waals surface area contributed by atoms with Gasteiger partial charge in [0.2, 0.25) is 0 Å². The maximum Gasteiger partial charge on any atom is 0.303 e. The smallest absolute Gasteiger partial charge is 0.303 e. The van der Waals surface area contributed by atoms with Crippen molar-refractivity contribution >= 4 is 52.1 Å². The number of rotatable bonds is 10. The number of piperidine rings is 1. The van der Waals surface area contributed by atoms with E-state index in [2.05, 4.69) is 11.0 Å². The van der Waals surface area contributed by atoms with E-state index < -0.39 is 5.97 Å². The monoisotopic (exact) mass is 516 g/mol. The minimum absolute atomic E-state index is 0.111. The van der Waals surface area contributed by atoms with Gasteiger partial charge in [-0.2, -0.15) is 5.26 Å². The maximum atomic E-state index is 13.2. The molecule has 0 radical (unpaired) electrons. The van der Waals surface area contributed by atoms with Crippen molar-refractivity contribution in [3.05, 3.63) is 31.9 Å². The number of aromatic nitrogens is 1. The lowest BCUT2D eigenvalue weighted by molar-refractivity contribution is -0.137. The summed E-state index contributed by atoms with van der Waals surface area (Å²) in [5, 5.41) is 18.5. The van der Waals surface area contributed by atoms with E-state index in [1.165, 1.54) is 11.8 Å². The van der Waals surface area contributed by atoms with Crippen LogP contribution in [-0.4, -0.2) is 50.4 Å². The molecule has 2 saturated heterocycles. The summed E-state index contributed by atoms with van der Waals surface area (Å²) >= 11 is 6.71. The molecule has 2 aliphatic heterocycles. The lowest BCUT2D eigenvalue weighted by atomic mass is 10.0. The Morgan fingerprint density at radius 3 is 2.51 bits per heavy atom. The first-order valence-corrected chi connectivity index (χ1v) is 13.4. The molecule has 1 amide bonds. The van der Waals surface area contributed by atoms with Crippen molar-refractivity contribution in [1.29, 1.82) is 5.26 Å². The highest BCUT2D eigenvalue weighted by Gasteiger charge is 2.33. The first-order valence-electron chi connectivity index (χ1n) is 12.2. The number of nitriles is 1. The molecular weight excluding hydrogens is 484 g/mol. The summed E-state index contributed by atoms with van der Waals surface area (Å²) in [6.45, 7) is 6.37. The number of carbonyl (C=O) groups is 2. The van der Waals surface area contributed by atoms with Crippen LogP contribution in [0.1, 0.15) is 75.0 Å². The van der Waals surface area contributed by atoms with Gasteiger partial charge in [0.25, 0.3) is 11.5 Å². The summed E-state index contributed by atoms with van der Waals surface area (Å²) in [6, 6.07) is 2.08. The zero-order valence-corrected chi connectivity index (χ0v) is 22.0. The SMILES string of the molecule is CCCn1c(N2CCCCC2)c(/C=C2/SC(=S)N(CCCCCC(=O)O)C2=O)c(C)c(C#N)c1=O. The Morgan fingerprint density at radius 2 is 1.89 bits per heavy atom. The second kappa shape index (κ2) is 12.4. The predicted octanol–water partition coefficient (Wildman–Crippen LogP) is 4.27. The molecule has 0 spiro atoms. The molecule has 1 aromatic heterocycles. The van der Waals surface area contributed by atoms with E-state index >= 15 is 0 Å². The van der Waals surface area contributed by atoms with Crippen LogP contribution >= 0.6 is 24.0 Å². The lowest BCUT2D eigenvalue weighted by Gasteiger charge is -2.33. The number of thioether (sulfide) groups is 1. The van der Waals surface area contributed by atoms with Crippen LogP contribution in [-0.2, 0) is 16.1 Å². The number of aliphatic carboxylic acids is 1. The molecule has 35 heavy (non-hydrogen) atoms. The van der Waals surface area contributed by atoms with E-state index in [1.807, 2.05) is 6.92 Å². The lowest BCUT2D eigenvalue weighted by Crippen LogP contribution is -2.37. The minimum atomic E-state index is -0.820. The largest absolute Gasteiger partial charge is 0.481 e. The van der Waals surface area contributed by atoms with E-state index in [-0.39, 0.29) is 23.5 Å². The molecule has 10 heteroatoms. The molecule has 188 valence electrons. The minimum Gasteiger partial charge on any atom is -0.481 e. The van der Waals surface area contributed by atoms with E-state index in [1.54, 1.807) is 22.5 Å². The first-order chi connectivity index (χ1) is 16.8. The number of pyridine rings is 1. The predicted molar refractivity (Wildman–Crippen MR) is 142 cm³/mol. The fraction of sp³-hybridized carbons (Fsp3) is 0.560. The van der Waals surface area contributed by atoms with Crippen molar-refractivity contribution in [3.63, 3.8) is 0 Å². The Bertz CT molecular complexity index is 1130. The first kappa shape index (κ1) is 27.0. The molecule has 3 rings (SSSR count). The van der Waals surface area contributed by atoms with Gasteiger partial charge in [-0.25, -0.2) is 0 Å². The summed E-state index contributed by atoms with van der Waals surface area (Å²) in [6.07, 6.45) is 7.81. The number of carbonyl (C=O) groups excluding carboxylic acids is 1. The zero-order chi connectivity index (χ0) is 25.5. The number of amides is 1. The molecule has 0 saturated carbocycles. The number of hydrogen-bond acceptors (Lipinski definition) is 7. The van der Waals surface area contributed by atoms with Gasteiger partial charge in [0, 0.05) is 38.2 Å². The highest BCUT2D eigenvalue weighted by molar-refractivity contribution is 8.26. The van der Waals surface area contributed by atoms with Crippen LogP contribution in [0.3, 0.4) is 0 Å². The van der Waals surface area contributed by atoms with Crippen molar-refractivity contribution in [2.24, 2.45) is 0 Å². The maximum absolute atomic E-state index is 13.2. The van der Waals surface area contributed by atoms with Crippen molar-refractivity contribution in [1.82, 2.24) is 9.47 Å².